The first-order chi connectivity index (χ1) is 8.78. The molecule has 5 heteroatoms. The Balaban J connectivity index is 2.08. The second-order valence-electron chi connectivity index (χ2n) is 4.27. The highest BCUT2D eigenvalue weighted by Crippen LogP contribution is 2.37. The van der Waals surface area contributed by atoms with Gasteiger partial charge in [0.25, 0.3) is 0 Å². The van der Waals surface area contributed by atoms with E-state index in [1.807, 2.05) is 18.2 Å². The second-order valence-corrected chi connectivity index (χ2v) is 4.27. The van der Waals surface area contributed by atoms with Gasteiger partial charge in [0.05, 0.1) is 5.69 Å². The van der Waals surface area contributed by atoms with E-state index >= 15 is 0 Å². The molecule has 0 spiro atoms. The van der Waals surface area contributed by atoms with Gasteiger partial charge in [0.2, 0.25) is 5.95 Å². The van der Waals surface area contributed by atoms with Crippen molar-refractivity contribution >= 4 is 5.95 Å². The number of anilines is 1. The highest BCUT2D eigenvalue weighted by Gasteiger charge is 2.24. The van der Waals surface area contributed by atoms with E-state index in [0.29, 0.717) is 6.54 Å². The number of nitrogen functional groups attached to an aromatic ring is 1. The zero-order chi connectivity index (χ0) is 12.5. The standard InChI is InChI=1S/C13H14N4O/c14-7-9-6-8-2-1-3-10(12(8)18-9)11-4-5-16-13(15)17-11/h1-5,9H,6-7,14H2,(H2,15,16,17)/t9-/m0/s1. The van der Waals surface area contributed by atoms with Crippen LogP contribution in [0, 0.1) is 0 Å². The van der Waals surface area contributed by atoms with Gasteiger partial charge in [-0.25, -0.2) is 9.97 Å². The molecule has 1 aromatic heterocycles. The molecule has 0 bridgehead atoms. The van der Waals surface area contributed by atoms with Crippen molar-refractivity contribution in [2.45, 2.75) is 12.5 Å². The lowest BCUT2D eigenvalue weighted by atomic mass is 10.0. The zero-order valence-electron chi connectivity index (χ0n) is 9.84. The first-order valence-corrected chi connectivity index (χ1v) is 5.85. The highest BCUT2D eigenvalue weighted by molar-refractivity contribution is 5.70. The number of hydrogen-bond donors (Lipinski definition) is 2. The summed E-state index contributed by atoms with van der Waals surface area (Å²) in [6, 6.07) is 7.85. The Morgan fingerprint density at radius 2 is 2.22 bits per heavy atom. The van der Waals surface area contributed by atoms with E-state index in [2.05, 4.69) is 16.0 Å². The van der Waals surface area contributed by atoms with Crippen LogP contribution in [-0.4, -0.2) is 22.6 Å². The van der Waals surface area contributed by atoms with Crippen LogP contribution in [0.1, 0.15) is 5.56 Å². The van der Waals surface area contributed by atoms with Crippen LogP contribution in [0.3, 0.4) is 0 Å². The maximum absolute atomic E-state index is 5.86. The van der Waals surface area contributed by atoms with Crippen molar-refractivity contribution in [3.05, 3.63) is 36.0 Å². The second kappa shape index (κ2) is 4.27. The molecule has 1 aromatic carbocycles. The Kier molecular flexibility index (Phi) is 2.60. The van der Waals surface area contributed by atoms with Gasteiger partial charge in [-0.1, -0.05) is 12.1 Å². The van der Waals surface area contributed by atoms with Crippen LogP contribution in [0.25, 0.3) is 11.3 Å². The summed E-state index contributed by atoms with van der Waals surface area (Å²) in [6.07, 6.45) is 2.55. The van der Waals surface area contributed by atoms with Gasteiger partial charge in [0, 0.05) is 24.7 Å². The Labute approximate surface area is 105 Å². The fraction of sp³-hybridized carbons (Fsp3) is 0.231. The lowest BCUT2D eigenvalue weighted by Crippen LogP contribution is -2.24. The van der Waals surface area contributed by atoms with Crippen LogP contribution in [0.5, 0.6) is 5.75 Å². The number of hydrogen-bond acceptors (Lipinski definition) is 5. The number of rotatable bonds is 2. The normalized spacial score (nSPS) is 17.3. The minimum Gasteiger partial charge on any atom is -0.488 e. The molecule has 1 aliphatic heterocycles. The molecular formula is C13H14N4O. The van der Waals surface area contributed by atoms with Crippen LogP contribution in [0.15, 0.2) is 30.5 Å². The van der Waals surface area contributed by atoms with Gasteiger partial charge in [-0.2, -0.15) is 0 Å². The average molecular weight is 242 g/mol. The van der Waals surface area contributed by atoms with Crippen molar-refractivity contribution in [2.75, 3.05) is 12.3 Å². The Morgan fingerprint density at radius 3 is 3.00 bits per heavy atom. The molecule has 0 unspecified atom stereocenters. The van der Waals surface area contributed by atoms with Crippen LogP contribution >= 0.6 is 0 Å². The molecule has 0 amide bonds. The topological polar surface area (TPSA) is 87.0 Å². The van der Waals surface area contributed by atoms with E-state index in [-0.39, 0.29) is 12.1 Å². The summed E-state index contributed by atoms with van der Waals surface area (Å²) in [7, 11) is 0. The minimum atomic E-state index is 0.0559. The number of nitrogens with zero attached hydrogens (tertiary/aromatic N) is 2. The average Bonchev–Trinajstić information content (AvgIpc) is 2.81. The number of nitrogens with two attached hydrogens (primary N) is 2. The molecule has 1 aliphatic rings. The van der Waals surface area contributed by atoms with E-state index < -0.39 is 0 Å². The van der Waals surface area contributed by atoms with Crippen molar-refractivity contribution in [2.24, 2.45) is 5.73 Å². The van der Waals surface area contributed by atoms with E-state index in [0.717, 1.165) is 23.4 Å². The Hall–Kier alpha value is -2.14. The predicted octanol–water partition coefficient (Wildman–Crippen LogP) is 0.988. The fourth-order valence-electron chi connectivity index (χ4n) is 2.20. The van der Waals surface area contributed by atoms with Gasteiger partial charge in [-0.3, -0.25) is 0 Å². The molecule has 92 valence electrons. The molecule has 0 fully saturated rings. The lowest BCUT2D eigenvalue weighted by Gasteiger charge is -2.10. The van der Waals surface area contributed by atoms with Crippen molar-refractivity contribution in [1.82, 2.24) is 9.97 Å². The van der Waals surface area contributed by atoms with Crippen LogP contribution < -0.4 is 16.2 Å². The monoisotopic (exact) mass is 242 g/mol. The Bertz CT molecular complexity index is 585. The molecule has 18 heavy (non-hydrogen) atoms. The number of benzene rings is 1. The van der Waals surface area contributed by atoms with E-state index in [1.54, 1.807) is 6.20 Å². The van der Waals surface area contributed by atoms with Crippen molar-refractivity contribution < 1.29 is 4.74 Å². The van der Waals surface area contributed by atoms with Crippen LogP contribution in [0.2, 0.25) is 0 Å². The predicted molar refractivity (Wildman–Crippen MR) is 69.1 cm³/mol. The molecule has 2 heterocycles. The van der Waals surface area contributed by atoms with Gasteiger partial charge < -0.3 is 16.2 Å². The van der Waals surface area contributed by atoms with Gasteiger partial charge in [0.15, 0.2) is 0 Å². The van der Waals surface area contributed by atoms with Crippen molar-refractivity contribution in [3.8, 4) is 17.0 Å². The van der Waals surface area contributed by atoms with Gasteiger partial charge >= 0.3 is 0 Å². The molecule has 1 atom stereocenters. The minimum absolute atomic E-state index is 0.0559. The smallest absolute Gasteiger partial charge is 0.220 e. The zero-order valence-corrected chi connectivity index (χ0v) is 9.84. The third-order valence-electron chi connectivity index (χ3n) is 3.04. The van der Waals surface area contributed by atoms with Crippen molar-refractivity contribution in [1.29, 1.82) is 0 Å². The summed E-state index contributed by atoms with van der Waals surface area (Å²) >= 11 is 0. The third-order valence-corrected chi connectivity index (χ3v) is 3.04. The number of fused-ring (bicyclic) bond motifs is 1. The molecule has 0 radical (unpaired) electrons. The van der Waals surface area contributed by atoms with E-state index in [9.17, 15) is 0 Å². The Morgan fingerprint density at radius 1 is 1.33 bits per heavy atom. The molecule has 0 saturated carbocycles. The van der Waals surface area contributed by atoms with Crippen LogP contribution in [-0.2, 0) is 6.42 Å². The highest BCUT2D eigenvalue weighted by atomic mass is 16.5. The summed E-state index contributed by atoms with van der Waals surface area (Å²) in [5, 5.41) is 0. The van der Waals surface area contributed by atoms with Crippen LogP contribution in [0.4, 0.5) is 5.95 Å². The molecule has 4 N–H and O–H groups in total. The lowest BCUT2D eigenvalue weighted by molar-refractivity contribution is 0.242. The van der Waals surface area contributed by atoms with E-state index in [1.165, 1.54) is 5.56 Å². The number of aromatic nitrogens is 2. The molecule has 0 saturated heterocycles. The maximum Gasteiger partial charge on any atom is 0.220 e. The summed E-state index contributed by atoms with van der Waals surface area (Å²) in [4.78, 5) is 8.12. The molecule has 3 rings (SSSR count). The third kappa shape index (κ3) is 1.78. The number of para-hydroxylation sites is 1. The van der Waals surface area contributed by atoms with Gasteiger partial charge in [-0.15, -0.1) is 0 Å². The molecule has 2 aromatic rings. The summed E-state index contributed by atoms with van der Waals surface area (Å²) in [5.74, 6) is 1.13. The summed E-state index contributed by atoms with van der Waals surface area (Å²) in [5.41, 5.74) is 14.2. The summed E-state index contributed by atoms with van der Waals surface area (Å²) < 4.78 is 5.86. The first-order valence-electron chi connectivity index (χ1n) is 5.85. The molecule has 0 aliphatic carbocycles. The number of ether oxygens (including phenoxy) is 1. The summed E-state index contributed by atoms with van der Waals surface area (Å²) in [6.45, 7) is 0.514. The van der Waals surface area contributed by atoms with E-state index in [4.69, 9.17) is 16.2 Å². The maximum atomic E-state index is 5.86. The first kappa shape index (κ1) is 11.0. The van der Waals surface area contributed by atoms with Crippen molar-refractivity contribution in [3.63, 3.8) is 0 Å². The largest absolute Gasteiger partial charge is 0.488 e. The SMILES string of the molecule is NC[C@@H]1Cc2cccc(-c3ccnc(N)n3)c2O1. The van der Waals surface area contributed by atoms with Gasteiger partial charge in [0.1, 0.15) is 11.9 Å². The molecular weight excluding hydrogens is 228 g/mol. The molecule has 5 nitrogen and oxygen atoms in total. The fourth-order valence-corrected chi connectivity index (χ4v) is 2.20. The quantitative estimate of drug-likeness (QED) is 0.820. The van der Waals surface area contributed by atoms with Gasteiger partial charge in [-0.05, 0) is 17.7 Å².